The summed E-state index contributed by atoms with van der Waals surface area (Å²) < 4.78 is 0. The van der Waals surface area contributed by atoms with Gasteiger partial charge in [-0.2, -0.15) is 0 Å². The van der Waals surface area contributed by atoms with E-state index in [1.165, 1.54) is 9.75 Å². The predicted octanol–water partition coefficient (Wildman–Crippen LogP) is 3.44. The Kier molecular flexibility index (Phi) is 4.64. The van der Waals surface area contributed by atoms with Crippen molar-refractivity contribution in [1.29, 1.82) is 0 Å². The molecule has 0 unspecified atom stereocenters. The standard InChI is InChI=1S/C9H15NS.ClH/c1-4-7-5-8(10)9(11-7)6(2)3;/h5-6H,4,10H2,1-3H3;1H. The minimum absolute atomic E-state index is 0. The van der Waals surface area contributed by atoms with Gasteiger partial charge in [0.05, 0.1) is 0 Å². The fourth-order valence-electron chi connectivity index (χ4n) is 1.10. The molecule has 0 aliphatic rings. The topological polar surface area (TPSA) is 26.0 Å². The molecule has 1 rings (SSSR count). The Morgan fingerprint density at radius 3 is 2.33 bits per heavy atom. The first-order valence-electron chi connectivity index (χ1n) is 4.03. The molecule has 3 heteroatoms. The molecule has 0 spiro atoms. The lowest BCUT2D eigenvalue weighted by Gasteiger charge is -2.00. The van der Waals surface area contributed by atoms with Crippen molar-refractivity contribution in [3.8, 4) is 0 Å². The molecule has 0 aromatic carbocycles. The van der Waals surface area contributed by atoms with Crippen LogP contribution in [0.25, 0.3) is 0 Å². The number of thiophene rings is 1. The average Bonchev–Trinajstić information content (AvgIpc) is 2.30. The summed E-state index contributed by atoms with van der Waals surface area (Å²) in [6, 6.07) is 2.10. The Hall–Kier alpha value is -0.210. The van der Waals surface area contributed by atoms with E-state index in [1.54, 1.807) is 0 Å². The quantitative estimate of drug-likeness (QED) is 0.787. The van der Waals surface area contributed by atoms with E-state index in [-0.39, 0.29) is 12.4 Å². The fourth-order valence-corrected chi connectivity index (χ4v) is 2.12. The maximum Gasteiger partial charge on any atom is 0.0460 e. The molecule has 0 saturated heterocycles. The summed E-state index contributed by atoms with van der Waals surface area (Å²) in [6.45, 7) is 6.53. The third-order valence-electron chi connectivity index (χ3n) is 1.71. The molecule has 70 valence electrons. The van der Waals surface area contributed by atoms with Crippen LogP contribution < -0.4 is 5.73 Å². The zero-order valence-electron chi connectivity index (χ0n) is 7.76. The molecule has 0 bridgehead atoms. The summed E-state index contributed by atoms with van der Waals surface area (Å²) in [4.78, 5) is 2.73. The van der Waals surface area contributed by atoms with Crippen molar-refractivity contribution in [3.05, 3.63) is 15.8 Å². The first-order valence-corrected chi connectivity index (χ1v) is 4.84. The number of halogens is 1. The molecule has 1 aromatic rings. The molecule has 0 atom stereocenters. The van der Waals surface area contributed by atoms with Gasteiger partial charge in [0.15, 0.2) is 0 Å². The van der Waals surface area contributed by atoms with Gasteiger partial charge in [0.1, 0.15) is 0 Å². The van der Waals surface area contributed by atoms with Crippen molar-refractivity contribution in [2.24, 2.45) is 0 Å². The highest BCUT2D eigenvalue weighted by molar-refractivity contribution is 7.12. The number of hydrogen-bond acceptors (Lipinski definition) is 2. The largest absolute Gasteiger partial charge is 0.398 e. The number of anilines is 1. The van der Waals surface area contributed by atoms with Gasteiger partial charge < -0.3 is 5.73 Å². The highest BCUT2D eigenvalue weighted by Crippen LogP contribution is 2.31. The molecule has 2 N–H and O–H groups in total. The van der Waals surface area contributed by atoms with E-state index in [1.807, 2.05) is 11.3 Å². The summed E-state index contributed by atoms with van der Waals surface area (Å²) in [5.74, 6) is 0.570. The van der Waals surface area contributed by atoms with Crippen LogP contribution in [0.15, 0.2) is 6.07 Å². The molecule has 0 saturated carbocycles. The van der Waals surface area contributed by atoms with Gasteiger partial charge >= 0.3 is 0 Å². The zero-order valence-corrected chi connectivity index (χ0v) is 9.39. The molecule has 0 aliphatic heterocycles. The Morgan fingerprint density at radius 2 is 2.08 bits per heavy atom. The fraction of sp³-hybridized carbons (Fsp3) is 0.556. The maximum atomic E-state index is 5.83. The second-order valence-corrected chi connectivity index (χ2v) is 4.21. The first-order chi connectivity index (χ1) is 5.15. The highest BCUT2D eigenvalue weighted by Gasteiger charge is 2.07. The van der Waals surface area contributed by atoms with E-state index in [0.717, 1.165) is 12.1 Å². The van der Waals surface area contributed by atoms with E-state index in [4.69, 9.17) is 5.73 Å². The molecule has 0 fully saturated rings. The SMILES string of the molecule is CCc1cc(N)c(C(C)C)s1.Cl. The number of nitrogen functional groups attached to an aromatic ring is 1. The van der Waals surface area contributed by atoms with Crippen molar-refractivity contribution in [1.82, 2.24) is 0 Å². The van der Waals surface area contributed by atoms with Gasteiger partial charge in [-0.15, -0.1) is 23.7 Å². The summed E-state index contributed by atoms with van der Waals surface area (Å²) in [7, 11) is 0. The van der Waals surface area contributed by atoms with E-state index >= 15 is 0 Å². The van der Waals surface area contributed by atoms with Crippen LogP contribution in [0.1, 0.15) is 36.4 Å². The van der Waals surface area contributed by atoms with Gasteiger partial charge in [-0.25, -0.2) is 0 Å². The van der Waals surface area contributed by atoms with Crippen molar-refractivity contribution in [3.63, 3.8) is 0 Å². The smallest absolute Gasteiger partial charge is 0.0460 e. The predicted molar refractivity (Wildman–Crippen MR) is 59.4 cm³/mol. The third-order valence-corrected chi connectivity index (χ3v) is 3.31. The molecule has 12 heavy (non-hydrogen) atoms. The van der Waals surface area contributed by atoms with Crippen LogP contribution in [0, 0.1) is 0 Å². The van der Waals surface area contributed by atoms with Crippen molar-refractivity contribution in [2.45, 2.75) is 33.1 Å². The van der Waals surface area contributed by atoms with Crippen LogP contribution in [0.4, 0.5) is 5.69 Å². The van der Waals surface area contributed by atoms with Crippen molar-refractivity contribution < 1.29 is 0 Å². The number of aryl methyl sites for hydroxylation is 1. The lowest BCUT2D eigenvalue weighted by Crippen LogP contribution is -1.89. The number of rotatable bonds is 2. The van der Waals surface area contributed by atoms with E-state index in [0.29, 0.717) is 5.92 Å². The maximum absolute atomic E-state index is 5.83. The minimum Gasteiger partial charge on any atom is -0.398 e. The second-order valence-electron chi connectivity index (χ2n) is 3.04. The van der Waals surface area contributed by atoms with Crippen LogP contribution in [-0.2, 0) is 6.42 Å². The second kappa shape index (κ2) is 4.73. The van der Waals surface area contributed by atoms with E-state index in [9.17, 15) is 0 Å². The van der Waals surface area contributed by atoms with E-state index in [2.05, 4.69) is 26.8 Å². The number of hydrogen-bond donors (Lipinski definition) is 1. The Morgan fingerprint density at radius 1 is 1.50 bits per heavy atom. The summed E-state index contributed by atoms with van der Waals surface area (Å²) in [5.41, 5.74) is 6.80. The van der Waals surface area contributed by atoms with Gasteiger partial charge in [0, 0.05) is 15.4 Å². The molecule has 1 heterocycles. The molecule has 0 radical (unpaired) electrons. The van der Waals surface area contributed by atoms with Crippen molar-refractivity contribution >= 4 is 29.4 Å². The molecular weight excluding hydrogens is 190 g/mol. The molecule has 1 aromatic heterocycles. The summed E-state index contributed by atoms with van der Waals surface area (Å²) in [6.07, 6.45) is 1.10. The summed E-state index contributed by atoms with van der Waals surface area (Å²) >= 11 is 1.84. The van der Waals surface area contributed by atoms with Gasteiger partial charge in [-0.05, 0) is 18.4 Å². The van der Waals surface area contributed by atoms with Gasteiger partial charge in [-0.3, -0.25) is 0 Å². The minimum atomic E-state index is 0. The van der Waals surface area contributed by atoms with Gasteiger partial charge in [-0.1, -0.05) is 20.8 Å². The highest BCUT2D eigenvalue weighted by atomic mass is 35.5. The first kappa shape index (κ1) is 11.8. The van der Waals surface area contributed by atoms with Gasteiger partial charge in [0.2, 0.25) is 0 Å². The lowest BCUT2D eigenvalue weighted by atomic mass is 10.1. The van der Waals surface area contributed by atoms with Crippen LogP contribution in [0.3, 0.4) is 0 Å². The number of nitrogens with two attached hydrogens (primary N) is 1. The zero-order chi connectivity index (χ0) is 8.43. The lowest BCUT2D eigenvalue weighted by molar-refractivity contribution is 0.892. The molecule has 0 amide bonds. The Balaban J connectivity index is 0.00000121. The monoisotopic (exact) mass is 205 g/mol. The van der Waals surface area contributed by atoms with Crippen LogP contribution in [0.5, 0.6) is 0 Å². The molecular formula is C9H16ClNS. The normalized spacial score (nSPS) is 10.0. The molecule has 1 nitrogen and oxygen atoms in total. The molecule has 0 aliphatic carbocycles. The third kappa shape index (κ3) is 2.39. The Labute approximate surface area is 84.4 Å². The Bertz CT molecular complexity index is 243. The van der Waals surface area contributed by atoms with E-state index < -0.39 is 0 Å². The average molecular weight is 206 g/mol. The van der Waals surface area contributed by atoms with Crippen LogP contribution in [0.2, 0.25) is 0 Å². The van der Waals surface area contributed by atoms with Crippen molar-refractivity contribution in [2.75, 3.05) is 5.73 Å². The summed E-state index contributed by atoms with van der Waals surface area (Å²) in [5, 5.41) is 0. The van der Waals surface area contributed by atoms with Crippen LogP contribution >= 0.6 is 23.7 Å². The van der Waals surface area contributed by atoms with Gasteiger partial charge in [0.25, 0.3) is 0 Å². The van der Waals surface area contributed by atoms with Crippen LogP contribution in [-0.4, -0.2) is 0 Å².